The average Bonchev–Trinajstić information content (AvgIpc) is 2.79. The first-order chi connectivity index (χ1) is 15.1. The summed E-state index contributed by atoms with van der Waals surface area (Å²) in [5, 5.41) is 3.38. The Kier molecular flexibility index (Phi) is 8.27. The quantitative estimate of drug-likeness (QED) is 0.368. The topological polar surface area (TPSA) is 71.2 Å². The summed E-state index contributed by atoms with van der Waals surface area (Å²) < 4.78 is 5.34. The lowest BCUT2D eigenvalue weighted by molar-refractivity contribution is 0.153. The summed E-state index contributed by atoms with van der Waals surface area (Å²) in [6, 6.07) is 15.2. The largest absolute Gasteiger partial charge is 0.443 e. The molecule has 0 spiro atoms. The second-order valence-electron chi connectivity index (χ2n) is 8.02. The van der Waals surface area contributed by atoms with Crippen LogP contribution >= 0.6 is 0 Å². The van der Waals surface area contributed by atoms with Crippen LogP contribution in [0.25, 0.3) is 10.9 Å². The summed E-state index contributed by atoms with van der Waals surface area (Å²) in [5.74, 6) is 0. The number of aryl methyl sites for hydroxylation is 1. The SMILES string of the molecule is CCCCCCCCc1ccc(NC(=O)OCc2[nH]c3ccccc3c(=O)c2C)cc1. The monoisotopic (exact) mass is 420 g/mol. The Morgan fingerprint density at radius 2 is 1.68 bits per heavy atom. The molecule has 0 radical (unpaired) electrons. The number of para-hydroxylation sites is 1. The van der Waals surface area contributed by atoms with Gasteiger partial charge in [0.2, 0.25) is 0 Å². The second-order valence-corrected chi connectivity index (χ2v) is 8.02. The third kappa shape index (κ3) is 6.45. The number of hydrogen-bond donors (Lipinski definition) is 2. The summed E-state index contributed by atoms with van der Waals surface area (Å²) in [7, 11) is 0. The summed E-state index contributed by atoms with van der Waals surface area (Å²) in [4.78, 5) is 27.9. The molecule has 5 heteroatoms. The Morgan fingerprint density at radius 3 is 2.45 bits per heavy atom. The minimum atomic E-state index is -0.544. The van der Waals surface area contributed by atoms with Gasteiger partial charge in [0, 0.05) is 22.2 Å². The molecule has 3 rings (SSSR count). The molecular formula is C26H32N2O3. The number of hydrogen-bond acceptors (Lipinski definition) is 3. The molecule has 2 N–H and O–H groups in total. The summed E-state index contributed by atoms with van der Waals surface area (Å²) in [5.41, 5.74) is 3.82. The number of rotatable bonds is 10. The minimum absolute atomic E-state index is 0.00779. The smallest absolute Gasteiger partial charge is 0.412 e. The van der Waals surface area contributed by atoms with E-state index in [4.69, 9.17) is 4.74 Å². The highest BCUT2D eigenvalue weighted by atomic mass is 16.5. The Labute approximate surface area is 183 Å². The Morgan fingerprint density at radius 1 is 0.968 bits per heavy atom. The number of nitrogens with one attached hydrogen (secondary N) is 2. The molecule has 0 bridgehead atoms. The standard InChI is InChI=1S/C26H32N2O3/c1-3-4-5-6-7-8-11-20-14-16-21(17-15-20)27-26(30)31-18-24-19(2)25(29)22-12-9-10-13-23(22)28-24/h9-10,12-17H,3-8,11,18H2,1-2H3,(H,27,30)(H,28,29). The number of aromatic nitrogens is 1. The zero-order valence-corrected chi connectivity index (χ0v) is 18.5. The van der Waals surface area contributed by atoms with E-state index < -0.39 is 6.09 Å². The molecule has 1 aromatic heterocycles. The highest BCUT2D eigenvalue weighted by Crippen LogP contribution is 2.15. The van der Waals surface area contributed by atoms with Crippen molar-refractivity contribution < 1.29 is 9.53 Å². The van der Waals surface area contributed by atoms with Gasteiger partial charge in [-0.1, -0.05) is 63.3 Å². The van der Waals surface area contributed by atoms with Gasteiger partial charge in [0.15, 0.2) is 5.43 Å². The maximum Gasteiger partial charge on any atom is 0.412 e. The minimum Gasteiger partial charge on any atom is -0.443 e. The van der Waals surface area contributed by atoms with Gasteiger partial charge in [0.05, 0.1) is 5.69 Å². The number of carbonyl (C=O) groups excluding carboxylic acids is 1. The molecule has 0 atom stereocenters. The van der Waals surface area contributed by atoms with E-state index in [9.17, 15) is 9.59 Å². The fourth-order valence-corrected chi connectivity index (χ4v) is 3.69. The maximum absolute atomic E-state index is 12.5. The fraction of sp³-hybridized carbons (Fsp3) is 0.385. The Bertz CT molecular complexity index is 1050. The van der Waals surface area contributed by atoms with Crippen molar-refractivity contribution in [1.82, 2.24) is 4.98 Å². The molecule has 1 heterocycles. The molecule has 0 aliphatic carbocycles. The van der Waals surface area contributed by atoms with E-state index in [-0.39, 0.29) is 12.0 Å². The van der Waals surface area contributed by atoms with Gasteiger partial charge in [-0.05, 0) is 49.6 Å². The van der Waals surface area contributed by atoms with E-state index in [2.05, 4.69) is 17.2 Å². The van der Waals surface area contributed by atoms with Crippen LogP contribution in [-0.2, 0) is 17.8 Å². The van der Waals surface area contributed by atoms with Crippen molar-refractivity contribution >= 4 is 22.7 Å². The number of amides is 1. The van der Waals surface area contributed by atoms with E-state index in [1.165, 1.54) is 44.1 Å². The molecule has 2 aromatic carbocycles. The van der Waals surface area contributed by atoms with Gasteiger partial charge in [0.25, 0.3) is 0 Å². The van der Waals surface area contributed by atoms with Crippen molar-refractivity contribution in [3.05, 3.63) is 75.6 Å². The average molecular weight is 421 g/mol. The second kappa shape index (κ2) is 11.3. The molecule has 0 saturated carbocycles. The number of anilines is 1. The number of aromatic amines is 1. The first kappa shape index (κ1) is 22.6. The first-order valence-electron chi connectivity index (χ1n) is 11.2. The van der Waals surface area contributed by atoms with Crippen LogP contribution in [0.4, 0.5) is 10.5 Å². The number of fused-ring (bicyclic) bond motifs is 1. The van der Waals surface area contributed by atoms with Crippen LogP contribution in [0, 0.1) is 6.92 Å². The van der Waals surface area contributed by atoms with Crippen LogP contribution in [0.15, 0.2) is 53.3 Å². The lowest BCUT2D eigenvalue weighted by Gasteiger charge is -2.11. The van der Waals surface area contributed by atoms with Crippen molar-refractivity contribution in [3.8, 4) is 0 Å². The van der Waals surface area contributed by atoms with E-state index in [1.54, 1.807) is 13.0 Å². The molecule has 5 nitrogen and oxygen atoms in total. The molecule has 0 unspecified atom stereocenters. The van der Waals surface area contributed by atoms with Crippen LogP contribution in [0.1, 0.15) is 62.3 Å². The van der Waals surface area contributed by atoms with Crippen LogP contribution < -0.4 is 10.7 Å². The molecule has 3 aromatic rings. The maximum atomic E-state index is 12.5. The van der Waals surface area contributed by atoms with Gasteiger partial charge >= 0.3 is 6.09 Å². The number of unbranched alkanes of at least 4 members (excludes halogenated alkanes) is 5. The summed E-state index contributed by atoms with van der Waals surface area (Å²) in [6.07, 6.45) is 8.21. The highest BCUT2D eigenvalue weighted by molar-refractivity contribution is 5.84. The van der Waals surface area contributed by atoms with Crippen molar-refractivity contribution in [3.63, 3.8) is 0 Å². The predicted octanol–water partition coefficient (Wildman–Crippen LogP) is 6.49. The molecule has 0 saturated heterocycles. The first-order valence-corrected chi connectivity index (χ1v) is 11.2. The lowest BCUT2D eigenvalue weighted by atomic mass is 10.0. The van der Waals surface area contributed by atoms with Crippen LogP contribution in [0.2, 0.25) is 0 Å². The van der Waals surface area contributed by atoms with E-state index in [0.717, 1.165) is 11.9 Å². The van der Waals surface area contributed by atoms with Gasteiger partial charge < -0.3 is 9.72 Å². The van der Waals surface area contributed by atoms with E-state index in [1.807, 2.05) is 42.5 Å². The van der Waals surface area contributed by atoms with E-state index in [0.29, 0.717) is 22.3 Å². The highest BCUT2D eigenvalue weighted by Gasteiger charge is 2.10. The molecule has 164 valence electrons. The zero-order chi connectivity index (χ0) is 22.1. The van der Waals surface area contributed by atoms with E-state index >= 15 is 0 Å². The number of pyridine rings is 1. The summed E-state index contributed by atoms with van der Waals surface area (Å²) >= 11 is 0. The molecular weight excluding hydrogens is 388 g/mol. The van der Waals surface area contributed by atoms with Crippen molar-refractivity contribution in [2.45, 2.75) is 65.4 Å². The molecule has 1 amide bonds. The summed E-state index contributed by atoms with van der Waals surface area (Å²) in [6.45, 7) is 3.98. The van der Waals surface area contributed by atoms with Gasteiger partial charge in [-0.25, -0.2) is 4.79 Å². The number of ether oxygens (including phenoxy) is 1. The molecule has 31 heavy (non-hydrogen) atoms. The van der Waals surface area contributed by atoms with Gasteiger partial charge in [0.1, 0.15) is 6.61 Å². The van der Waals surface area contributed by atoms with Crippen molar-refractivity contribution in [1.29, 1.82) is 0 Å². The Hall–Kier alpha value is -3.08. The number of carbonyl (C=O) groups is 1. The van der Waals surface area contributed by atoms with Crippen LogP contribution in [0.3, 0.4) is 0 Å². The fourth-order valence-electron chi connectivity index (χ4n) is 3.69. The third-order valence-electron chi connectivity index (χ3n) is 5.62. The third-order valence-corrected chi connectivity index (χ3v) is 5.62. The van der Waals surface area contributed by atoms with Gasteiger partial charge in [-0.2, -0.15) is 0 Å². The van der Waals surface area contributed by atoms with Crippen LogP contribution in [0.5, 0.6) is 0 Å². The lowest BCUT2D eigenvalue weighted by Crippen LogP contribution is -2.17. The molecule has 0 aliphatic heterocycles. The zero-order valence-electron chi connectivity index (χ0n) is 18.5. The Balaban J connectivity index is 1.48. The predicted molar refractivity (Wildman–Crippen MR) is 127 cm³/mol. The van der Waals surface area contributed by atoms with Gasteiger partial charge in [-0.3, -0.25) is 10.1 Å². The number of H-pyrrole nitrogens is 1. The van der Waals surface area contributed by atoms with Gasteiger partial charge in [-0.15, -0.1) is 0 Å². The van der Waals surface area contributed by atoms with Crippen LogP contribution in [-0.4, -0.2) is 11.1 Å². The van der Waals surface area contributed by atoms with Crippen molar-refractivity contribution in [2.75, 3.05) is 5.32 Å². The number of benzene rings is 2. The normalized spacial score (nSPS) is 10.9. The van der Waals surface area contributed by atoms with Crippen molar-refractivity contribution in [2.24, 2.45) is 0 Å². The molecule has 0 aliphatic rings. The molecule has 0 fully saturated rings.